The first-order chi connectivity index (χ1) is 20.0. The number of aliphatic hydroxyl groups excluding tert-OH is 1. The predicted octanol–water partition coefficient (Wildman–Crippen LogP) is 9.21. The fourth-order valence-electron chi connectivity index (χ4n) is 7.51. The number of aliphatic hydroxyl groups is 1. The van der Waals surface area contributed by atoms with E-state index in [0.717, 1.165) is 57.8 Å². The Kier molecular flexibility index (Phi) is 16.9. The van der Waals surface area contributed by atoms with Crippen molar-refractivity contribution in [1.29, 1.82) is 0 Å². The third-order valence-corrected chi connectivity index (χ3v) is 14.7. The maximum Gasteiger partial charge on any atom is 0.308 e. The van der Waals surface area contributed by atoms with Crippen LogP contribution in [0.1, 0.15) is 159 Å². The molecular weight excluding hydrogens is 577 g/mol. The molecule has 1 aliphatic rings. The molecule has 0 heterocycles. The van der Waals surface area contributed by atoms with Crippen molar-refractivity contribution >= 4 is 27.6 Å². The van der Waals surface area contributed by atoms with E-state index >= 15 is 0 Å². The van der Waals surface area contributed by atoms with E-state index in [2.05, 4.69) is 41.5 Å². The van der Waals surface area contributed by atoms with Crippen molar-refractivity contribution in [2.45, 2.75) is 175 Å². The second kappa shape index (κ2) is 18.0. The monoisotopic (exact) mass is 644 g/mol. The van der Waals surface area contributed by atoms with Crippen LogP contribution in [0.15, 0.2) is 11.6 Å². The number of hydrogen-bond acceptors (Lipinski definition) is 4. The number of rotatable bonds is 20. The van der Waals surface area contributed by atoms with Crippen molar-refractivity contribution in [2.75, 3.05) is 11.5 Å². The lowest BCUT2D eigenvalue weighted by molar-refractivity contribution is -0.143. The zero-order valence-electron chi connectivity index (χ0n) is 29.6. The van der Waals surface area contributed by atoms with Crippen molar-refractivity contribution in [3.63, 3.8) is 0 Å². The van der Waals surface area contributed by atoms with E-state index in [1.54, 1.807) is 6.92 Å². The number of unbranched alkanes of at least 4 members (excludes halogenated alkanes) is 10. The smallest absolute Gasteiger partial charge is 0.308 e. The molecule has 7 unspecified atom stereocenters. The highest BCUT2D eigenvalue weighted by atomic mass is 32.2. The molecule has 254 valence electrons. The first-order valence-electron chi connectivity index (χ1n) is 17.4. The molecule has 0 bridgehead atoms. The molecule has 7 atom stereocenters. The molecule has 2 N–H and O–H groups in total. The highest BCUT2D eigenvalue weighted by Gasteiger charge is 2.69. The molecule has 0 aliphatic heterocycles. The predicted molar refractivity (Wildman–Crippen MR) is 186 cm³/mol. The Hall–Kier alpha value is -0.530. The zero-order chi connectivity index (χ0) is 33.1. The molecule has 0 spiro atoms. The lowest BCUT2D eigenvalue weighted by Crippen LogP contribution is -2.72. The maximum absolute atomic E-state index is 15.0. The topological polar surface area (TPSA) is 91.7 Å². The van der Waals surface area contributed by atoms with E-state index in [1.807, 2.05) is 26.8 Å². The van der Waals surface area contributed by atoms with Gasteiger partial charge in [-0.15, -0.1) is 0 Å². The van der Waals surface area contributed by atoms with Crippen molar-refractivity contribution in [3.05, 3.63) is 11.6 Å². The third kappa shape index (κ3) is 9.50. The summed E-state index contributed by atoms with van der Waals surface area (Å²) in [6.45, 7) is 20.4. The average molecular weight is 645 g/mol. The van der Waals surface area contributed by atoms with Crippen molar-refractivity contribution in [1.82, 2.24) is 0 Å². The molecule has 0 saturated carbocycles. The minimum atomic E-state index is -1.54. The summed E-state index contributed by atoms with van der Waals surface area (Å²) in [7, 11) is -3.02. The van der Waals surface area contributed by atoms with Crippen LogP contribution in [0.25, 0.3) is 0 Å². The number of hydrogen-bond donors (Lipinski definition) is 2. The van der Waals surface area contributed by atoms with Gasteiger partial charge in [-0.1, -0.05) is 146 Å². The molecule has 5 nitrogen and oxygen atoms in total. The Morgan fingerprint density at radius 1 is 0.791 bits per heavy atom. The van der Waals surface area contributed by atoms with Crippen molar-refractivity contribution in [2.24, 2.45) is 22.7 Å². The van der Waals surface area contributed by atoms with E-state index in [-0.39, 0.29) is 0 Å². The van der Waals surface area contributed by atoms with E-state index in [4.69, 9.17) is 0 Å². The highest BCUT2D eigenvalue weighted by molar-refractivity contribution is 7.87. The molecule has 0 aromatic heterocycles. The van der Waals surface area contributed by atoms with Crippen LogP contribution in [0.5, 0.6) is 0 Å². The van der Waals surface area contributed by atoms with E-state index < -0.39 is 65.8 Å². The SMILES string of the molecule is CCCCCCCCS(=O)C1(C(C)C(=O)O)C=C(C(C)(C)C)C(O)C(S(=O)CCCCCCCC)(C(C)(C)C)C1CCC. The summed E-state index contributed by atoms with van der Waals surface area (Å²) < 4.78 is 27.4. The van der Waals surface area contributed by atoms with Gasteiger partial charge in [0.1, 0.15) is 0 Å². The van der Waals surface area contributed by atoms with Crippen LogP contribution in [0.4, 0.5) is 0 Å². The fraction of sp³-hybridized carbons (Fsp3) is 0.917. The number of carboxylic acid groups (broad SMARTS) is 1. The van der Waals surface area contributed by atoms with E-state index in [9.17, 15) is 23.4 Å². The van der Waals surface area contributed by atoms with Crippen LogP contribution >= 0.6 is 0 Å². The summed E-state index contributed by atoms with van der Waals surface area (Å²) in [5.41, 5.74) is -0.473. The third-order valence-electron chi connectivity index (χ3n) is 9.94. The highest BCUT2D eigenvalue weighted by Crippen LogP contribution is 2.60. The normalized spacial score (nSPS) is 27.0. The minimum Gasteiger partial charge on any atom is -0.481 e. The minimum absolute atomic E-state index is 0.415. The van der Waals surface area contributed by atoms with Gasteiger partial charge in [0.15, 0.2) is 0 Å². The van der Waals surface area contributed by atoms with Gasteiger partial charge in [0.05, 0.1) is 21.5 Å². The fourth-order valence-corrected chi connectivity index (χ4v) is 12.3. The van der Waals surface area contributed by atoms with Gasteiger partial charge >= 0.3 is 5.97 Å². The van der Waals surface area contributed by atoms with Crippen LogP contribution in [0.2, 0.25) is 0 Å². The number of carbonyl (C=O) groups is 1. The molecule has 1 aliphatic carbocycles. The van der Waals surface area contributed by atoms with Crippen molar-refractivity contribution < 1.29 is 23.4 Å². The first kappa shape index (κ1) is 40.5. The molecule has 0 saturated heterocycles. The number of carboxylic acids is 1. The first-order valence-corrected chi connectivity index (χ1v) is 20.1. The summed E-state index contributed by atoms with van der Waals surface area (Å²) in [4.78, 5) is 13.0. The molecule has 0 radical (unpaired) electrons. The Morgan fingerprint density at radius 3 is 1.63 bits per heavy atom. The molecule has 7 heteroatoms. The summed E-state index contributed by atoms with van der Waals surface area (Å²) in [5.74, 6) is -1.58. The lowest BCUT2D eigenvalue weighted by Gasteiger charge is -2.62. The molecule has 0 fully saturated rings. The van der Waals surface area contributed by atoms with Gasteiger partial charge in [0.2, 0.25) is 0 Å². The summed E-state index contributed by atoms with van der Waals surface area (Å²) in [6.07, 6.45) is 15.0. The largest absolute Gasteiger partial charge is 0.481 e. The molecule has 0 aromatic carbocycles. The van der Waals surface area contributed by atoms with Crippen LogP contribution < -0.4 is 0 Å². The molecule has 0 amide bonds. The second-order valence-electron chi connectivity index (χ2n) is 15.2. The zero-order valence-corrected chi connectivity index (χ0v) is 31.2. The number of aliphatic carboxylic acids is 1. The van der Waals surface area contributed by atoms with E-state index in [1.165, 1.54) is 25.7 Å². The van der Waals surface area contributed by atoms with Crippen LogP contribution in [0.3, 0.4) is 0 Å². The van der Waals surface area contributed by atoms with Gasteiger partial charge in [-0.05, 0) is 35.7 Å². The van der Waals surface area contributed by atoms with Crippen molar-refractivity contribution in [3.8, 4) is 0 Å². The quantitative estimate of drug-likeness (QED) is 0.102. The molecule has 1 rings (SSSR count). The Balaban J connectivity index is 3.90. The summed E-state index contributed by atoms with van der Waals surface area (Å²) >= 11 is 0. The van der Waals surface area contributed by atoms with Gasteiger partial charge in [-0.2, -0.15) is 0 Å². The standard InChI is InChI=1S/C36H68O5S2/c1-11-14-16-18-20-22-25-42(40)35(28(4)32(38)39)27-29(33(5,6)7)31(37)36(34(8,9)10,30(35)24-13-3)43(41)26-23-21-19-17-15-12-2/h27-28,30-31,37H,11-26H2,1-10H3,(H,38,39). The van der Waals surface area contributed by atoms with Gasteiger partial charge in [0.25, 0.3) is 0 Å². The van der Waals surface area contributed by atoms with Gasteiger partial charge < -0.3 is 10.2 Å². The Labute approximate surface area is 270 Å². The Morgan fingerprint density at radius 2 is 1.23 bits per heavy atom. The molecule has 0 aromatic rings. The second-order valence-corrected chi connectivity index (χ2v) is 18.8. The van der Waals surface area contributed by atoms with E-state index in [0.29, 0.717) is 23.5 Å². The van der Waals surface area contributed by atoms with Crippen LogP contribution in [-0.4, -0.2) is 51.7 Å². The van der Waals surface area contributed by atoms with Crippen LogP contribution in [-0.2, 0) is 26.4 Å². The van der Waals surface area contributed by atoms with Crippen LogP contribution in [0, 0.1) is 22.7 Å². The maximum atomic E-state index is 15.0. The molecule has 43 heavy (non-hydrogen) atoms. The average Bonchev–Trinajstić information content (AvgIpc) is 2.91. The summed E-state index contributed by atoms with van der Waals surface area (Å²) in [6, 6.07) is 0. The van der Waals surface area contributed by atoms with Gasteiger partial charge in [-0.3, -0.25) is 13.2 Å². The van der Waals surface area contributed by atoms with Gasteiger partial charge in [-0.25, -0.2) is 0 Å². The molecular formula is C36H68O5S2. The summed E-state index contributed by atoms with van der Waals surface area (Å²) in [5, 5.41) is 23.1. The van der Waals surface area contributed by atoms with Gasteiger partial charge in [0, 0.05) is 39.0 Å². The lowest BCUT2D eigenvalue weighted by atomic mass is 9.55. The Bertz CT molecular complexity index is 931.